The zero-order valence-corrected chi connectivity index (χ0v) is 13.8. The lowest BCUT2D eigenvalue weighted by molar-refractivity contribution is -0.112. The van der Waals surface area contributed by atoms with E-state index in [0.717, 1.165) is 5.56 Å². The summed E-state index contributed by atoms with van der Waals surface area (Å²) >= 11 is 0. The highest BCUT2D eigenvalue weighted by Gasteiger charge is 2.06. The van der Waals surface area contributed by atoms with Crippen molar-refractivity contribution in [3.63, 3.8) is 0 Å². The Bertz CT molecular complexity index is 829. The fourth-order valence-electron chi connectivity index (χ4n) is 2.05. The van der Waals surface area contributed by atoms with Gasteiger partial charge in [0, 0.05) is 16.8 Å². The molecule has 2 amide bonds. The number of ether oxygens (including phenoxy) is 1. The number of carbonyl (C=O) groups excluding carboxylic acids is 2. The van der Waals surface area contributed by atoms with Gasteiger partial charge in [-0.05, 0) is 55.0 Å². The largest absolute Gasteiger partial charge is 0.481 e. The molecule has 2 aromatic rings. The summed E-state index contributed by atoms with van der Waals surface area (Å²) in [5.41, 5.74) is 7.56. The van der Waals surface area contributed by atoms with Crippen LogP contribution in [0.2, 0.25) is 0 Å². The van der Waals surface area contributed by atoms with Gasteiger partial charge in [0.25, 0.3) is 5.91 Å². The SMILES string of the molecule is C#CCOc1ccc(/C=C(\C)C(=O)Nc2ccc(C(N)=O)cc2)cc1. The number of carbonyl (C=O) groups is 2. The number of hydrogen-bond acceptors (Lipinski definition) is 3. The van der Waals surface area contributed by atoms with Crippen LogP contribution in [0, 0.1) is 12.3 Å². The summed E-state index contributed by atoms with van der Waals surface area (Å²) in [5, 5.41) is 2.76. The van der Waals surface area contributed by atoms with Crippen molar-refractivity contribution in [3.8, 4) is 18.1 Å². The molecular formula is C20H18N2O3. The number of primary amides is 1. The molecule has 0 radical (unpaired) electrons. The first kappa shape index (κ1) is 17.8. The first-order chi connectivity index (χ1) is 12.0. The average molecular weight is 334 g/mol. The lowest BCUT2D eigenvalue weighted by atomic mass is 10.1. The Morgan fingerprint density at radius 2 is 1.80 bits per heavy atom. The Balaban J connectivity index is 2.02. The van der Waals surface area contributed by atoms with Crippen LogP contribution in [0.4, 0.5) is 5.69 Å². The second-order valence-corrected chi connectivity index (χ2v) is 5.28. The molecule has 0 saturated heterocycles. The van der Waals surface area contributed by atoms with Crippen molar-refractivity contribution < 1.29 is 14.3 Å². The summed E-state index contributed by atoms with van der Waals surface area (Å²) in [6.07, 6.45) is 6.90. The minimum Gasteiger partial charge on any atom is -0.481 e. The van der Waals surface area contributed by atoms with Crippen LogP contribution in [0.15, 0.2) is 54.1 Å². The molecule has 0 aromatic heterocycles. The number of terminal acetylenes is 1. The fourth-order valence-corrected chi connectivity index (χ4v) is 2.05. The van der Waals surface area contributed by atoms with Crippen molar-refractivity contribution in [3.05, 3.63) is 65.2 Å². The molecule has 0 atom stereocenters. The van der Waals surface area contributed by atoms with Gasteiger partial charge >= 0.3 is 0 Å². The van der Waals surface area contributed by atoms with Crippen LogP contribution in [-0.2, 0) is 4.79 Å². The van der Waals surface area contributed by atoms with Gasteiger partial charge in [0.05, 0.1) is 0 Å². The summed E-state index contributed by atoms with van der Waals surface area (Å²) in [4.78, 5) is 23.3. The van der Waals surface area contributed by atoms with Crippen molar-refractivity contribution in [2.24, 2.45) is 5.73 Å². The van der Waals surface area contributed by atoms with Gasteiger partial charge in [-0.3, -0.25) is 9.59 Å². The quantitative estimate of drug-likeness (QED) is 0.629. The van der Waals surface area contributed by atoms with E-state index in [4.69, 9.17) is 16.9 Å². The van der Waals surface area contributed by atoms with E-state index in [-0.39, 0.29) is 12.5 Å². The molecule has 5 nitrogen and oxygen atoms in total. The molecule has 0 heterocycles. The molecule has 0 aliphatic carbocycles. The van der Waals surface area contributed by atoms with Gasteiger partial charge in [0.2, 0.25) is 5.91 Å². The second kappa shape index (κ2) is 8.37. The van der Waals surface area contributed by atoms with Gasteiger partial charge in [0.1, 0.15) is 12.4 Å². The maximum Gasteiger partial charge on any atom is 0.251 e. The third kappa shape index (κ3) is 5.26. The van der Waals surface area contributed by atoms with Crippen molar-refractivity contribution in [1.29, 1.82) is 0 Å². The van der Waals surface area contributed by atoms with Gasteiger partial charge in [-0.2, -0.15) is 0 Å². The molecule has 25 heavy (non-hydrogen) atoms. The molecule has 2 aromatic carbocycles. The summed E-state index contributed by atoms with van der Waals surface area (Å²) in [5.74, 6) is 2.32. The third-order valence-electron chi connectivity index (χ3n) is 3.37. The Kier molecular flexibility index (Phi) is 5.97. The Morgan fingerprint density at radius 1 is 1.16 bits per heavy atom. The normalized spacial score (nSPS) is 10.6. The number of anilines is 1. The molecule has 0 spiro atoms. The number of amides is 2. The van der Waals surface area contributed by atoms with Gasteiger partial charge in [0.15, 0.2) is 0 Å². The standard InChI is InChI=1S/C20H18N2O3/c1-3-12-25-18-10-4-15(5-11-18)13-14(2)20(24)22-17-8-6-16(7-9-17)19(21)23/h1,4-11,13H,12H2,2H3,(H2,21,23)(H,22,24)/b14-13+. The molecule has 0 fully saturated rings. The van der Waals surface area contributed by atoms with Crippen LogP contribution in [-0.4, -0.2) is 18.4 Å². The highest BCUT2D eigenvalue weighted by molar-refractivity contribution is 6.06. The van der Waals surface area contributed by atoms with Crippen molar-refractivity contribution in [2.75, 3.05) is 11.9 Å². The van der Waals surface area contributed by atoms with Crippen LogP contribution < -0.4 is 15.8 Å². The molecular weight excluding hydrogens is 316 g/mol. The number of nitrogens with two attached hydrogens (primary N) is 1. The first-order valence-electron chi connectivity index (χ1n) is 7.55. The van der Waals surface area contributed by atoms with Crippen LogP contribution in [0.3, 0.4) is 0 Å². The van der Waals surface area contributed by atoms with Crippen molar-refractivity contribution in [2.45, 2.75) is 6.92 Å². The van der Waals surface area contributed by atoms with E-state index in [2.05, 4.69) is 11.2 Å². The van der Waals surface area contributed by atoms with E-state index < -0.39 is 5.91 Å². The Morgan fingerprint density at radius 3 is 2.36 bits per heavy atom. The molecule has 2 rings (SSSR count). The number of hydrogen-bond donors (Lipinski definition) is 2. The summed E-state index contributed by atoms with van der Waals surface area (Å²) in [6, 6.07) is 13.6. The minimum atomic E-state index is -0.511. The van der Waals surface area contributed by atoms with Gasteiger partial charge in [-0.25, -0.2) is 0 Å². The average Bonchev–Trinajstić information content (AvgIpc) is 2.61. The molecule has 0 saturated carbocycles. The summed E-state index contributed by atoms with van der Waals surface area (Å²) < 4.78 is 5.30. The third-order valence-corrected chi connectivity index (χ3v) is 3.37. The predicted molar refractivity (Wildman–Crippen MR) is 98.0 cm³/mol. The van der Waals surface area contributed by atoms with E-state index in [1.54, 1.807) is 49.4 Å². The lowest BCUT2D eigenvalue weighted by Gasteiger charge is -2.07. The molecule has 126 valence electrons. The van der Waals surface area contributed by atoms with E-state index in [1.807, 2.05) is 12.1 Å². The highest BCUT2D eigenvalue weighted by atomic mass is 16.5. The van der Waals surface area contributed by atoms with E-state index in [0.29, 0.717) is 22.6 Å². The Labute approximate surface area is 146 Å². The van der Waals surface area contributed by atoms with Gasteiger partial charge < -0.3 is 15.8 Å². The second-order valence-electron chi connectivity index (χ2n) is 5.28. The summed E-state index contributed by atoms with van der Waals surface area (Å²) in [6.45, 7) is 1.93. The zero-order valence-electron chi connectivity index (χ0n) is 13.8. The first-order valence-corrected chi connectivity index (χ1v) is 7.55. The van der Waals surface area contributed by atoms with Crippen molar-refractivity contribution >= 4 is 23.6 Å². The summed E-state index contributed by atoms with van der Waals surface area (Å²) in [7, 11) is 0. The number of nitrogens with one attached hydrogen (secondary N) is 1. The Hall–Kier alpha value is -3.52. The topological polar surface area (TPSA) is 81.4 Å². The maximum atomic E-state index is 12.2. The van der Waals surface area contributed by atoms with Gasteiger partial charge in [-0.1, -0.05) is 18.1 Å². The molecule has 0 aliphatic rings. The minimum absolute atomic E-state index is 0.213. The number of rotatable bonds is 6. The van der Waals surface area contributed by atoms with Crippen LogP contribution in [0.25, 0.3) is 6.08 Å². The molecule has 3 N–H and O–H groups in total. The van der Waals surface area contributed by atoms with Gasteiger partial charge in [-0.15, -0.1) is 6.42 Å². The maximum absolute atomic E-state index is 12.2. The van der Waals surface area contributed by atoms with Crippen LogP contribution >= 0.6 is 0 Å². The molecule has 0 unspecified atom stereocenters. The smallest absolute Gasteiger partial charge is 0.251 e. The van der Waals surface area contributed by atoms with Crippen LogP contribution in [0.1, 0.15) is 22.8 Å². The highest BCUT2D eigenvalue weighted by Crippen LogP contribution is 2.16. The van der Waals surface area contributed by atoms with E-state index in [9.17, 15) is 9.59 Å². The lowest BCUT2D eigenvalue weighted by Crippen LogP contribution is -2.13. The number of benzene rings is 2. The fraction of sp³-hybridized carbons (Fsp3) is 0.100. The molecule has 0 bridgehead atoms. The zero-order chi connectivity index (χ0) is 18.2. The molecule has 5 heteroatoms. The monoisotopic (exact) mass is 334 g/mol. The van der Waals surface area contributed by atoms with Crippen LogP contribution in [0.5, 0.6) is 5.75 Å². The van der Waals surface area contributed by atoms with E-state index in [1.165, 1.54) is 0 Å². The predicted octanol–water partition coefficient (Wildman–Crippen LogP) is 2.84. The van der Waals surface area contributed by atoms with E-state index >= 15 is 0 Å². The molecule has 0 aliphatic heterocycles. The van der Waals surface area contributed by atoms with Crippen molar-refractivity contribution in [1.82, 2.24) is 0 Å².